The molecule has 138 valence electrons. The minimum Gasteiger partial charge on any atom is -0.491 e. The Kier molecular flexibility index (Phi) is 7.64. The van der Waals surface area contributed by atoms with Crippen LogP contribution in [0.3, 0.4) is 0 Å². The van der Waals surface area contributed by atoms with E-state index in [9.17, 15) is 9.59 Å². The molecule has 6 heteroatoms. The molecule has 0 amide bonds. The van der Waals surface area contributed by atoms with Crippen molar-refractivity contribution in [2.24, 2.45) is 0 Å². The van der Waals surface area contributed by atoms with Crippen molar-refractivity contribution in [2.45, 2.75) is 6.92 Å². The minimum atomic E-state index is -0.453. The zero-order valence-electron chi connectivity index (χ0n) is 14.9. The van der Waals surface area contributed by atoms with Crippen molar-refractivity contribution in [3.05, 3.63) is 59.7 Å². The van der Waals surface area contributed by atoms with Gasteiger partial charge in [0.15, 0.2) is 5.78 Å². The van der Waals surface area contributed by atoms with Crippen LogP contribution in [0.2, 0.25) is 0 Å². The molecule has 0 unspecified atom stereocenters. The standard InChI is InChI=1S/C20H22O6/c1-15(21)16-3-5-17(6-4-16)20(22)26-14-13-25-19-9-7-18(8-10-19)24-12-11-23-2/h3-10H,11-14H2,1-2H3. The minimum absolute atomic E-state index is 0.0477. The molecule has 2 aromatic carbocycles. The molecular weight excluding hydrogens is 336 g/mol. The van der Waals surface area contributed by atoms with Gasteiger partial charge >= 0.3 is 5.97 Å². The first-order chi connectivity index (χ1) is 12.6. The van der Waals surface area contributed by atoms with Crippen molar-refractivity contribution in [3.63, 3.8) is 0 Å². The zero-order chi connectivity index (χ0) is 18.8. The van der Waals surface area contributed by atoms with Crippen LogP contribution in [-0.2, 0) is 9.47 Å². The summed E-state index contributed by atoms with van der Waals surface area (Å²) in [4.78, 5) is 23.1. The van der Waals surface area contributed by atoms with Crippen molar-refractivity contribution in [1.82, 2.24) is 0 Å². The van der Waals surface area contributed by atoms with Crippen LogP contribution in [0, 0.1) is 0 Å². The number of ketones is 1. The van der Waals surface area contributed by atoms with Crippen molar-refractivity contribution in [1.29, 1.82) is 0 Å². The molecule has 0 saturated carbocycles. The fraction of sp³-hybridized carbons (Fsp3) is 0.300. The van der Waals surface area contributed by atoms with E-state index in [1.54, 1.807) is 55.6 Å². The van der Waals surface area contributed by atoms with Crippen LogP contribution in [0.15, 0.2) is 48.5 Å². The Balaban J connectivity index is 1.70. The summed E-state index contributed by atoms with van der Waals surface area (Å²) in [5.74, 6) is 0.889. The summed E-state index contributed by atoms with van der Waals surface area (Å²) in [5, 5.41) is 0. The second kappa shape index (κ2) is 10.2. The maximum absolute atomic E-state index is 11.9. The summed E-state index contributed by atoms with van der Waals surface area (Å²) in [5.41, 5.74) is 0.951. The Morgan fingerprint density at radius 3 is 1.73 bits per heavy atom. The van der Waals surface area contributed by atoms with E-state index in [4.69, 9.17) is 18.9 Å². The van der Waals surface area contributed by atoms with E-state index >= 15 is 0 Å². The Labute approximate surface area is 152 Å². The number of benzene rings is 2. The molecular formula is C20H22O6. The largest absolute Gasteiger partial charge is 0.491 e. The normalized spacial score (nSPS) is 10.2. The smallest absolute Gasteiger partial charge is 0.338 e. The molecule has 0 radical (unpaired) electrons. The molecule has 0 aromatic heterocycles. The predicted molar refractivity (Wildman–Crippen MR) is 96.0 cm³/mol. The lowest BCUT2D eigenvalue weighted by atomic mass is 10.1. The maximum Gasteiger partial charge on any atom is 0.338 e. The van der Waals surface area contributed by atoms with E-state index in [1.807, 2.05) is 0 Å². The van der Waals surface area contributed by atoms with Gasteiger partial charge in [0.05, 0.1) is 12.2 Å². The molecule has 0 aliphatic heterocycles. The van der Waals surface area contributed by atoms with Gasteiger partial charge < -0.3 is 18.9 Å². The first-order valence-electron chi connectivity index (χ1n) is 8.23. The van der Waals surface area contributed by atoms with Crippen molar-refractivity contribution in [3.8, 4) is 11.5 Å². The Morgan fingerprint density at radius 2 is 1.23 bits per heavy atom. The summed E-state index contributed by atoms with van der Waals surface area (Å²) in [6.07, 6.45) is 0. The first-order valence-corrected chi connectivity index (χ1v) is 8.23. The number of hydrogen-bond acceptors (Lipinski definition) is 6. The van der Waals surface area contributed by atoms with Gasteiger partial charge in [-0.05, 0) is 43.3 Å². The molecule has 0 fully saturated rings. The average Bonchev–Trinajstić information content (AvgIpc) is 2.66. The summed E-state index contributed by atoms with van der Waals surface area (Å²) in [6.45, 7) is 2.85. The lowest BCUT2D eigenvalue weighted by molar-refractivity contribution is 0.0450. The molecule has 0 N–H and O–H groups in total. The molecule has 2 rings (SSSR count). The second-order valence-corrected chi connectivity index (χ2v) is 5.43. The molecule has 0 saturated heterocycles. The highest BCUT2D eigenvalue weighted by Crippen LogP contribution is 2.17. The van der Waals surface area contributed by atoms with E-state index in [1.165, 1.54) is 6.92 Å². The molecule has 0 atom stereocenters. The highest BCUT2D eigenvalue weighted by atomic mass is 16.6. The highest BCUT2D eigenvalue weighted by molar-refractivity contribution is 5.96. The number of carbonyl (C=O) groups excluding carboxylic acids is 2. The number of Topliss-reactive ketones (excluding diaryl/α,β-unsaturated/α-hetero) is 1. The quantitative estimate of drug-likeness (QED) is 0.369. The fourth-order valence-corrected chi connectivity index (χ4v) is 2.09. The lowest BCUT2D eigenvalue weighted by Crippen LogP contribution is -2.12. The third-order valence-corrected chi connectivity index (χ3v) is 3.49. The predicted octanol–water partition coefficient (Wildman–Crippen LogP) is 3.15. The average molecular weight is 358 g/mol. The van der Waals surface area contributed by atoms with Gasteiger partial charge in [-0.15, -0.1) is 0 Å². The topological polar surface area (TPSA) is 71.1 Å². The van der Waals surface area contributed by atoms with Gasteiger partial charge in [0.2, 0.25) is 0 Å². The fourth-order valence-electron chi connectivity index (χ4n) is 2.09. The molecule has 0 heterocycles. The Bertz CT molecular complexity index is 706. The van der Waals surface area contributed by atoms with Gasteiger partial charge in [-0.25, -0.2) is 4.79 Å². The van der Waals surface area contributed by atoms with Gasteiger partial charge in [0, 0.05) is 12.7 Å². The third kappa shape index (κ3) is 6.22. The molecule has 0 aliphatic carbocycles. The molecule has 0 aliphatic rings. The monoisotopic (exact) mass is 358 g/mol. The highest BCUT2D eigenvalue weighted by Gasteiger charge is 2.08. The van der Waals surface area contributed by atoms with Gasteiger partial charge in [-0.2, -0.15) is 0 Å². The van der Waals surface area contributed by atoms with Crippen LogP contribution < -0.4 is 9.47 Å². The van der Waals surface area contributed by atoms with E-state index in [2.05, 4.69) is 0 Å². The summed E-state index contributed by atoms with van der Waals surface area (Å²) in [6, 6.07) is 13.5. The number of esters is 1. The molecule has 26 heavy (non-hydrogen) atoms. The number of hydrogen-bond donors (Lipinski definition) is 0. The second-order valence-electron chi connectivity index (χ2n) is 5.43. The Hall–Kier alpha value is -2.86. The summed E-state index contributed by atoms with van der Waals surface area (Å²) < 4.78 is 21.0. The number of carbonyl (C=O) groups is 2. The van der Waals surface area contributed by atoms with Gasteiger partial charge in [0.25, 0.3) is 0 Å². The van der Waals surface area contributed by atoms with E-state index in [0.29, 0.717) is 30.1 Å². The molecule has 0 spiro atoms. The molecule has 2 aromatic rings. The Morgan fingerprint density at radius 1 is 0.731 bits per heavy atom. The van der Waals surface area contributed by atoms with Crippen molar-refractivity contribution >= 4 is 11.8 Å². The van der Waals surface area contributed by atoms with Crippen molar-refractivity contribution < 1.29 is 28.5 Å². The van der Waals surface area contributed by atoms with E-state index in [0.717, 1.165) is 5.75 Å². The van der Waals surface area contributed by atoms with Crippen molar-refractivity contribution in [2.75, 3.05) is 33.5 Å². The van der Waals surface area contributed by atoms with Gasteiger partial charge in [-0.3, -0.25) is 4.79 Å². The zero-order valence-corrected chi connectivity index (χ0v) is 14.9. The molecule has 0 bridgehead atoms. The van der Waals surface area contributed by atoms with Crippen LogP contribution >= 0.6 is 0 Å². The van der Waals surface area contributed by atoms with E-state index < -0.39 is 5.97 Å². The SMILES string of the molecule is COCCOc1ccc(OCCOC(=O)c2ccc(C(C)=O)cc2)cc1. The summed E-state index contributed by atoms with van der Waals surface area (Å²) >= 11 is 0. The number of methoxy groups -OCH3 is 1. The van der Waals surface area contributed by atoms with Crippen LogP contribution in [0.4, 0.5) is 0 Å². The number of rotatable bonds is 10. The van der Waals surface area contributed by atoms with Crippen LogP contribution in [0.1, 0.15) is 27.6 Å². The van der Waals surface area contributed by atoms with Gasteiger partial charge in [-0.1, -0.05) is 12.1 Å². The molecule has 6 nitrogen and oxygen atoms in total. The third-order valence-electron chi connectivity index (χ3n) is 3.49. The van der Waals surface area contributed by atoms with Crippen LogP contribution in [-0.4, -0.2) is 45.3 Å². The lowest BCUT2D eigenvalue weighted by Gasteiger charge is -2.09. The first kappa shape index (κ1) is 19.5. The number of ether oxygens (including phenoxy) is 4. The van der Waals surface area contributed by atoms with Crippen LogP contribution in [0.25, 0.3) is 0 Å². The van der Waals surface area contributed by atoms with Crippen LogP contribution in [0.5, 0.6) is 11.5 Å². The summed E-state index contributed by atoms with van der Waals surface area (Å²) in [7, 11) is 1.62. The van der Waals surface area contributed by atoms with E-state index in [-0.39, 0.29) is 19.0 Å². The maximum atomic E-state index is 11.9. The van der Waals surface area contributed by atoms with Gasteiger partial charge in [0.1, 0.15) is 31.3 Å².